The van der Waals surface area contributed by atoms with E-state index in [4.69, 9.17) is 9.47 Å². The van der Waals surface area contributed by atoms with Crippen LogP contribution in [0.5, 0.6) is 0 Å². The highest BCUT2D eigenvalue weighted by atomic mass is 16.5. The Bertz CT molecular complexity index is 586. The highest BCUT2D eigenvalue weighted by Crippen LogP contribution is 2.23. The van der Waals surface area contributed by atoms with Crippen LogP contribution < -0.4 is 0 Å². The minimum absolute atomic E-state index is 0.136. The molecule has 0 saturated heterocycles. The molecule has 0 N–H and O–H groups in total. The molecule has 0 fully saturated rings. The lowest BCUT2D eigenvalue weighted by molar-refractivity contribution is 0.00479. The summed E-state index contributed by atoms with van der Waals surface area (Å²) < 4.78 is 10.8. The Kier molecular flexibility index (Phi) is 10.1. The van der Waals surface area contributed by atoms with Gasteiger partial charge in [0.25, 0.3) is 0 Å². The van der Waals surface area contributed by atoms with Crippen molar-refractivity contribution in [3.05, 3.63) is 35.4 Å². The van der Waals surface area contributed by atoms with Gasteiger partial charge in [0.15, 0.2) is 0 Å². The molecular formula is C23H36O4. The van der Waals surface area contributed by atoms with Gasteiger partial charge in [0, 0.05) is 0 Å². The second-order valence-electron chi connectivity index (χ2n) is 8.25. The van der Waals surface area contributed by atoms with Crippen LogP contribution in [0.1, 0.15) is 100 Å². The highest BCUT2D eigenvalue weighted by molar-refractivity contribution is 5.95. The SMILES string of the molecule is CCCCCCCCCOC(=O)c1cccc(C(=O)OC(C)C(C)(C)C)c1. The van der Waals surface area contributed by atoms with E-state index in [0.29, 0.717) is 17.7 Å². The number of benzene rings is 1. The van der Waals surface area contributed by atoms with E-state index in [0.717, 1.165) is 12.8 Å². The van der Waals surface area contributed by atoms with Crippen LogP contribution >= 0.6 is 0 Å². The van der Waals surface area contributed by atoms with Gasteiger partial charge in [0.05, 0.1) is 17.7 Å². The average molecular weight is 377 g/mol. The number of hydrogen-bond donors (Lipinski definition) is 0. The van der Waals surface area contributed by atoms with Crippen molar-refractivity contribution in [1.82, 2.24) is 0 Å². The summed E-state index contributed by atoms with van der Waals surface area (Å²) in [5.41, 5.74) is 0.621. The Balaban J connectivity index is 2.44. The molecule has 0 spiro atoms. The maximum Gasteiger partial charge on any atom is 0.338 e. The monoisotopic (exact) mass is 376 g/mol. The first kappa shape index (κ1) is 23.2. The Morgan fingerprint density at radius 2 is 1.48 bits per heavy atom. The zero-order chi connectivity index (χ0) is 20.3. The summed E-state index contributed by atoms with van der Waals surface area (Å²) in [6.45, 7) is 10.5. The van der Waals surface area contributed by atoms with Crippen LogP contribution in [-0.4, -0.2) is 24.6 Å². The fraction of sp³-hybridized carbons (Fsp3) is 0.652. The van der Waals surface area contributed by atoms with Gasteiger partial charge >= 0.3 is 11.9 Å². The van der Waals surface area contributed by atoms with Crippen LogP contribution in [0.25, 0.3) is 0 Å². The lowest BCUT2D eigenvalue weighted by Gasteiger charge is -2.26. The largest absolute Gasteiger partial charge is 0.462 e. The summed E-state index contributed by atoms with van der Waals surface area (Å²) in [4.78, 5) is 24.5. The Morgan fingerprint density at radius 1 is 0.926 bits per heavy atom. The van der Waals surface area contributed by atoms with Gasteiger partial charge in [-0.2, -0.15) is 0 Å². The standard InChI is InChI=1S/C23H36O4/c1-6-7-8-9-10-11-12-16-26-21(24)19-14-13-15-20(17-19)22(25)27-18(2)23(3,4)5/h13-15,17-18H,6-12,16H2,1-5H3. The van der Waals surface area contributed by atoms with Crippen LogP contribution in [0.3, 0.4) is 0 Å². The molecule has 4 heteroatoms. The number of hydrogen-bond acceptors (Lipinski definition) is 4. The molecule has 0 radical (unpaired) electrons. The molecule has 0 heterocycles. The van der Waals surface area contributed by atoms with Crippen molar-refractivity contribution in [3.8, 4) is 0 Å². The smallest absolute Gasteiger partial charge is 0.338 e. The first-order chi connectivity index (χ1) is 12.8. The number of rotatable bonds is 11. The molecule has 1 atom stereocenters. The molecule has 0 aliphatic carbocycles. The summed E-state index contributed by atoms with van der Waals surface area (Å²) in [6.07, 6.45) is 7.99. The molecule has 0 aromatic heterocycles. The minimum Gasteiger partial charge on any atom is -0.462 e. The highest BCUT2D eigenvalue weighted by Gasteiger charge is 2.24. The van der Waals surface area contributed by atoms with Gasteiger partial charge in [-0.05, 0) is 37.0 Å². The Morgan fingerprint density at radius 3 is 2.07 bits per heavy atom. The van der Waals surface area contributed by atoms with Crippen LogP contribution in [0.2, 0.25) is 0 Å². The van der Waals surface area contributed by atoms with Gasteiger partial charge in [-0.25, -0.2) is 9.59 Å². The summed E-state index contributed by atoms with van der Waals surface area (Å²) in [6, 6.07) is 6.55. The van der Waals surface area contributed by atoms with E-state index in [1.807, 2.05) is 27.7 Å². The van der Waals surface area contributed by atoms with Gasteiger partial charge < -0.3 is 9.47 Å². The molecule has 1 rings (SSSR count). The van der Waals surface area contributed by atoms with Crippen molar-refractivity contribution in [2.45, 2.75) is 85.7 Å². The predicted molar refractivity (Wildman–Crippen MR) is 109 cm³/mol. The summed E-state index contributed by atoms with van der Waals surface area (Å²) in [5, 5.41) is 0. The number of carbonyl (C=O) groups is 2. The zero-order valence-electron chi connectivity index (χ0n) is 17.7. The van der Waals surface area contributed by atoms with Crippen LogP contribution in [-0.2, 0) is 9.47 Å². The summed E-state index contributed by atoms with van der Waals surface area (Å²) in [5.74, 6) is -0.807. The van der Waals surface area contributed by atoms with E-state index in [9.17, 15) is 9.59 Å². The molecule has 1 aromatic rings. The lowest BCUT2D eigenvalue weighted by atomic mass is 9.90. The third-order valence-electron chi connectivity index (χ3n) is 4.82. The van der Waals surface area contributed by atoms with E-state index in [1.165, 1.54) is 32.1 Å². The predicted octanol–water partition coefficient (Wildman–Crippen LogP) is 6.19. The van der Waals surface area contributed by atoms with Crippen LogP contribution in [0.15, 0.2) is 24.3 Å². The molecule has 1 aromatic carbocycles. The number of unbranched alkanes of at least 4 members (excludes halogenated alkanes) is 6. The maximum atomic E-state index is 12.3. The van der Waals surface area contributed by atoms with E-state index in [1.54, 1.807) is 24.3 Å². The quantitative estimate of drug-likeness (QED) is 0.341. The van der Waals surface area contributed by atoms with E-state index < -0.39 is 5.97 Å². The van der Waals surface area contributed by atoms with E-state index in [2.05, 4.69) is 6.92 Å². The lowest BCUT2D eigenvalue weighted by Crippen LogP contribution is -2.28. The van der Waals surface area contributed by atoms with Crippen molar-refractivity contribution in [1.29, 1.82) is 0 Å². The number of ether oxygens (including phenoxy) is 2. The molecule has 0 bridgehead atoms. The molecule has 0 amide bonds. The molecule has 27 heavy (non-hydrogen) atoms. The van der Waals surface area contributed by atoms with Gasteiger partial charge in [0.1, 0.15) is 6.10 Å². The summed E-state index contributed by atoms with van der Waals surface area (Å²) in [7, 11) is 0. The molecule has 0 aliphatic rings. The average Bonchev–Trinajstić information content (AvgIpc) is 2.63. The van der Waals surface area contributed by atoms with Crippen LogP contribution in [0, 0.1) is 5.41 Å². The molecule has 1 unspecified atom stereocenters. The normalized spacial score (nSPS) is 12.5. The molecule has 0 aliphatic heterocycles. The molecule has 0 saturated carbocycles. The van der Waals surface area contributed by atoms with Crippen molar-refractivity contribution in [2.75, 3.05) is 6.61 Å². The summed E-state index contributed by atoms with van der Waals surface area (Å²) >= 11 is 0. The minimum atomic E-state index is -0.417. The molecule has 152 valence electrons. The Hall–Kier alpha value is -1.84. The Labute approximate surface area is 164 Å². The first-order valence-corrected chi connectivity index (χ1v) is 10.2. The number of esters is 2. The van der Waals surface area contributed by atoms with Gasteiger partial charge in [-0.1, -0.05) is 72.3 Å². The fourth-order valence-electron chi connectivity index (χ4n) is 2.49. The topological polar surface area (TPSA) is 52.6 Å². The van der Waals surface area contributed by atoms with Crippen molar-refractivity contribution >= 4 is 11.9 Å². The van der Waals surface area contributed by atoms with Gasteiger partial charge in [-0.3, -0.25) is 0 Å². The van der Waals surface area contributed by atoms with Gasteiger partial charge in [0.2, 0.25) is 0 Å². The van der Waals surface area contributed by atoms with Crippen molar-refractivity contribution in [3.63, 3.8) is 0 Å². The third kappa shape index (κ3) is 9.07. The van der Waals surface area contributed by atoms with E-state index >= 15 is 0 Å². The van der Waals surface area contributed by atoms with Gasteiger partial charge in [-0.15, -0.1) is 0 Å². The second kappa shape index (κ2) is 11.8. The second-order valence-corrected chi connectivity index (χ2v) is 8.25. The molecular weight excluding hydrogens is 340 g/mol. The third-order valence-corrected chi connectivity index (χ3v) is 4.82. The number of carbonyl (C=O) groups excluding carboxylic acids is 2. The fourth-order valence-corrected chi connectivity index (χ4v) is 2.49. The van der Waals surface area contributed by atoms with Crippen molar-refractivity contribution < 1.29 is 19.1 Å². The first-order valence-electron chi connectivity index (χ1n) is 10.2. The van der Waals surface area contributed by atoms with Crippen molar-refractivity contribution in [2.24, 2.45) is 5.41 Å². The van der Waals surface area contributed by atoms with Crippen LogP contribution in [0.4, 0.5) is 0 Å². The molecule has 4 nitrogen and oxygen atoms in total. The maximum absolute atomic E-state index is 12.3. The zero-order valence-corrected chi connectivity index (χ0v) is 17.7. The van der Waals surface area contributed by atoms with E-state index in [-0.39, 0.29) is 17.5 Å².